The van der Waals surface area contributed by atoms with E-state index in [1.54, 1.807) is 41.3 Å². The van der Waals surface area contributed by atoms with Crippen LogP contribution < -0.4 is 9.80 Å². The van der Waals surface area contributed by atoms with Gasteiger partial charge in [-0.05, 0) is 44.0 Å². The van der Waals surface area contributed by atoms with Crippen LogP contribution in [-0.2, 0) is 19.1 Å². The molecule has 3 saturated heterocycles. The smallest absolute Gasteiger partial charge is 0.253 e. The van der Waals surface area contributed by atoms with Crippen molar-refractivity contribution in [2.75, 3.05) is 36.0 Å². The third-order valence-corrected chi connectivity index (χ3v) is 8.80. The lowest BCUT2D eigenvalue weighted by molar-refractivity contribution is -0.145. The molecule has 3 aliphatic rings. The van der Waals surface area contributed by atoms with Crippen molar-refractivity contribution in [2.24, 2.45) is 11.8 Å². The number of para-hydroxylation sites is 2. The fourth-order valence-corrected chi connectivity index (χ4v) is 7.15. The molecular formula is C31H34ClN3O5. The molecule has 5 atom stereocenters. The van der Waals surface area contributed by atoms with Crippen molar-refractivity contribution in [3.8, 4) is 0 Å². The van der Waals surface area contributed by atoms with Crippen LogP contribution in [0.2, 0.25) is 5.02 Å². The Labute approximate surface area is 239 Å². The molecule has 2 unspecified atom stereocenters. The Morgan fingerprint density at radius 2 is 1.70 bits per heavy atom. The number of fused-ring (bicyclic) bond motifs is 1. The zero-order valence-corrected chi connectivity index (χ0v) is 23.3. The van der Waals surface area contributed by atoms with E-state index in [0.29, 0.717) is 29.2 Å². The van der Waals surface area contributed by atoms with Gasteiger partial charge in [-0.2, -0.15) is 0 Å². The van der Waals surface area contributed by atoms with Gasteiger partial charge in [-0.15, -0.1) is 13.2 Å². The Hall–Kier alpha value is -3.46. The number of carbonyl (C=O) groups is 3. The minimum atomic E-state index is -1.23. The van der Waals surface area contributed by atoms with Gasteiger partial charge in [-0.3, -0.25) is 14.4 Å². The maximum Gasteiger partial charge on any atom is 0.253 e. The van der Waals surface area contributed by atoms with Gasteiger partial charge >= 0.3 is 0 Å². The molecule has 0 radical (unpaired) electrons. The zero-order valence-electron chi connectivity index (χ0n) is 22.5. The number of nitrogens with zero attached hydrogens (tertiary/aromatic N) is 3. The van der Waals surface area contributed by atoms with Gasteiger partial charge in [0, 0.05) is 25.3 Å². The summed E-state index contributed by atoms with van der Waals surface area (Å²) in [6, 6.07) is 15.2. The number of likely N-dealkylation sites (tertiary alicyclic amines) is 1. The van der Waals surface area contributed by atoms with E-state index >= 15 is 0 Å². The highest BCUT2D eigenvalue weighted by molar-refractivity contribution is 6.34. The van der Waals surface area contributed by atoms with E-state index in [4.69, 9.17) is 16.3 Å². The number of anilines is 2. The summed E-state index contributed by atoms with van der Waals surface area (Å²) in [5.41, 5.74) is -0.995. The number of aliphatic hydroxyl groups excluding tert-OH is 1. The number of carbonyl (C=O) groups excluding carboxylic acids is 3. The molecule has 3 amide bonds. The lowest BCUT2D eigenvalue weighted by Crippen LogP contribution is -2.57. The van der Waals surface area contributed by atoms with Crippen LogP contribution in [0.15, 0.2) is 79.9 Å². The van der Waals surface area contributed by atoms with Crippen molar-refractivity contribution in [1.82, 2.24) is 4.90 Å². The van der Waals surface area contributed by atoms with Gasteiger partial charge in [0.1, 0.15) is 11.6 Å². The molecule has 9 heteroatoms. The minimum Gasteiger partial charge on any atom is -0.395 e. The van der Waals surface area contributed by atoms with E-state index in [-0.39, 0.29) is 44.0 Å². The van der Waals surface area contributed by atoms with Crippen LogP contribution in [0, 0.1) is 11.8 Å². The van der Waals surface area contributed by atoms with E-state index in [1.165, 1.54) is 9.80 Å². The van der Waals surface area contributed by atoms with Crippen molar-refractivity contribution in [3.05, 3.63) is 84.9 Å². The SMILES string of the molecule is C=CCN(C(=O)[C@H]1[C@H]2C(=O)N(CCO)C(C(=O)N(CC=C)c3ccccc3Cl)C23CC[C@]1(C)O3)c1ccccc1. The van der Waals surface area contributed by atoms with E-state index < -0.39 is 29.1 Å². The largest absolute Gasteiger partial charge is 0.395 e. The second kappa shape index (κ2) is 10.8. The number of benzene rings is 2. The number of hydrogen-bond donors (Lipinski definition) is 1. The Kier molecular flexibility index (Phi) is 7.61. The van der Waals surface area contributed by atoms with Crippen LogP contribution in [0.4, 0.5) is 11.4 Å². The van der Waals surface area contributed by atoms with Gasteiger partial charge < -0.3 is 24.5 Å². The summed E-state index contributed by atoms with van der Waals surface area (Å²) in [6.45, 7) is 9.51. The third kappa shape index (κ3) is 4.26. The highest BCUT2D eigenvalue weighted by atomic mass is 35.5. The highest BCUT2D eigenvalue weighted by Crippen LogP contribution is 2.63. The normalized spacial score (nSPS) is 28.3. The fraction of sp³-hybridized carbons (Fsp3) is 0.387. The number of hydrogen-bond acceptors (Lipinski definition) is 5. The third-order valence-electron chi connectivity index (χ3n) is 8.48. The quantitative estimate of drug-likeness (QED) is 0.444. The predicted octanol–water partition coefficient (Wildman–Crippen LogP) is 3.84. The zero-order chi connectivity index (χ0) is 28.7. The van der Waals surface area contributed by atoms with E-state index in [0.717, 1.165) is 0 Å². The number of ether oxygens (including phenoxy) is 1. The Balaban J connectivity index is 1.59. The van der Waals surface area contributed by atoms with Crippen molar-refractivity contribution in [1.29, 1.82) is 0 Å². The number of halogens is 1. The first-order chi connectivity index (χ1) is 19.2. The molecule has 0 aromatic heterocycles. The molecule has 0 saturated carbocycles. The summed E-state index contributed by atoms with van der Waals surface area (Å²) in [7, 11) is 0. The van der Waals surface area contributed by atoms with E-state index in [1.807, 2.05) is 37.3 Å². The lowest BCUT2D eigenvalue weighted by Gasteiger charge is -2.37. The number of aliphatic hydroxyl groups is 1. The molecule has 1 N–H and O–H groups in total. The summed E-state index contributed by atoms with van der Waals surface area (Å²) >= 11 is 6.49. The second-order valence-electron chi connectivity index (χ2n) is 10.7. The summed E-state index contributed by atoms with van der Waals surface area (Å²) in [5.74, 6) is -2.70. The molecule has 1 spiro atoms. The second-order valence-corrected chi connectivity index (χ2v) is 11.2. The molecule has 2 aromatic rings. The Morgan fingerprint density at radius 3 is 2.35 bits per heavy atom. The molecule has 8 nitrogen and oxygen atoms in total. The lowest BCUT2D eigenvalue weighted by atomic mass is 9.66. The molecule has 0 aliphatic carbocycles. The maximum absolute atomic E-state index is 14.4. The maximum atomic E-state index is 14.4. The molecule has 40 heavy (non-hydrogen) atoms. The highest BCUT2D eigenvalue weighted by Gasteiger charge is 2.78. The van der Waals surface area contributed by atoms with Crippen LogP contribution >= 0.6 is 11.6 Å². The molecule has 210 valence electrons. The molecular weight excluding hydrogens is 530 g/mol. The minimum absolute atomic E-state index is 0.0615. The summed E-state index contributed by atoms with van der Waals surface area (Å²) in [6.07, 6.45) is 4.18. The number of rotatable bonds is 10. The summed E-state index contributed by atoms with van der Waals surface area (Å²) < 4.78 is 6.72. The van der Waals surface area contributed by atoms with E-state index in [9.17, 15) is 19.5 Å². The van der Waals surface area contributed by atoms with Crippen molar-refractivity contribution in [2.45, 2.75) is 37.0 Å². The van der Waals surface area contributed by atoms with Crippen LogP contribution in [0.5, 0.6) is 0 Å². The topological polar surface area (TPSA) is 90.4 Å². The average molecular weight is 564 g/mol. The summed E-state index contributed by atoms with van der Waals surface area (Å²) in [5, 5.41) is 10.3. The molecule has 5 rings (SSSR count). The Morgan fingerprint density at radius 1 is 1.05 bits per heavy atom. The van der Waals surface area contributed by atoms with Gasteiger partial charge in [-0.1, -0.05) is 54.1 Å². The van der Waals surface area contributed by atoms with E-state index in [2.05, 4.69) is 13.2 Å². The van der Waals surface area contributed by atoms with Gasteiger partial charge in [0.15, 0.2) is 0 Å². The molecule has 3 heterocycles. The summed E-state index contributed by atoms with van der Waals surface area (Å²) in [4.78, 5) is 47.4. The van der Waals surface area contributed by atoms with Crippen molar-refractivity contribution >= 4 is 40.7 Å². The molecule has 3 aliphatic heterocycles. The van der Waals surface area contributed by atoms with Gasteiger partial charge in [0.2, 0.25) is 11.8 Å². The van der Waals surface area contributed by atoms with Crippen molar-refractivity contribution < 1.29 is 24.2 Å². The standard InChI is InChI=1S/C31H34ClN3O5/c1-4-17-33(21-11-7-6-8-12-21)27(37)24-25-28(38)35(19-20-36)26(31(25)16-15-30(24,3)40-31)29(39)34(18-5-2)23-14-10-9-13-22(23)32/h4-14,24-26,36H,1-2,15-20H2,3H3/t24-,25+,26?,30+,31?/m1/s1. The van der Waals surface area contributed by atoms with Gasteiger partial charge in [0.05, 0.1) is 34.8 Å². The van der Waals surface area contributed by atoms with Crippen LogP contribution in [0.1, 0.15) is 19.8 Å². The van der Waals surface area contributed by atoms with Crippen LogP contribution in [0.3, 0.4) is 0 Å². The average Bonchev–Trinajstić information content (AvgIpc) is 3.51. The number of amides is 3. The molecule has 2 bridgehead atoms. The fourth-order valence-electron chi connectivity index (χ4n) is 6.91. The van der Waals surface area contributed by atoms with Crippen LogP contribution in [-0.4, -0.2) is 71.2 Å². The van der Waals surface area contributed by atoms with Gasteiger partial charge in [-0.25, -0.2) is 0 Å². The van der Waals surface area contributed by atoms with Crippen LogP contribution in [0.25, 0.3) is 0 Å². The first-order valence-corrected chi connectivity index (χ1v) is 13.9. The van der Waals surface area contributed by atoms with Gasteiger partial charge in [0.25, 0.3) is 5.91 Å². The molecule has 3 fully saturated rings. The number of β-amino-alcohol motifs (C(OH)–C–C–N with tert-alkyl or cyclic N) is 1. The Bertz CT molecular complexity index is 1340. The first-order valence-electron chi connectivity index (χ1n) is 13.5. The van der Waals surface area contributed by atoms with Crippen molar-refractivity contribution in [3.63, 3.8) is 0 Å². The predicted molar refractivity (Wildman–Crippen MR) is 154 cm³/mol. The monoisotopic (exact) mass is 563 g/mol. The molecule has 2 aromatic carbocycles. The first kappa shape index (κ1) is 28.1.